The highest BCUT2D eigenvalue weighted by Crippen LogP contribution is 2.21. The first-order valence-electron chi connectivity index (χ1n) is 12.5. The van der Waals surface area contributed by atoms with Crippen LogP contribution in [-0.2, 0) is 22.4 Å². The van der Waals surface area contributed by atoms with Crippen LogP contribution in [0.4, 0.5) is 11.5 Å². The van der Waals surface area contributed by atoms with Gasteiger partial charge in [0.25, 0.3) is 0 Å². The fourth-order valence-corrected chi connectivity index (χ4v) is 3.89. The van der Waals surface area contributed by atoms with E-state index in [2.05, 4.69) is 47.4 Å². The van der Waals surface area contributed by atoms with Gasteiger partial charge in [0.05, 0.1) is 24.1 Å². The zero-order valence-electron chi connectivity index (χ0n) is 21.4. The molecule has 2 N–H and O–H groups in total. The van der Waals surface area contributed by atoms with Crippen molar-refractivity contribution in [2.75, 3.05) is 45.1 Å². The van der Waals surface area contributed by atoms with Crippen molar-refractivity contribution >= 4 is 23.3 Å². The maximum atomic E-state index is 12.4. The van der Waals surface area contributed by atoms with Crippen LogP contribution in [-0.4, -0.2) is 71.4 Å². The number of carbonyl (C=O) groups is 2. The molecule has 35 heavy (non-hydrogen) atoms. The van der Waals surface area contributed by atoms with Gasteiger partial charge in [0.1, 0.15) is 5.82 Å². The average Bonchev–Trinajstić information content (AvgIpc) is 2.83. The fraction of sp³-hybridized carbons (Fsp3) is 0.481. The van der Waals surface area contributed by atoms with E-state index >= 15 is 0 Å². The lowest BCUT2D eigenvalue weighted by Gasteiger charge is -2.29. The van der Waals surface area contributed by atoms with Gasteiger partial charge in [-0.2, -0.15) is 0 Å². The van der Waals surface area contributed by atoms with Crippen LogP contribution >= 0.6 is 0 Å². The summed E-state index contributed by atoms with van der Waals surface area (Å²) in [7, 11) is 1.65. The van der Waals surface area contributed by atoms with Gasteiger partial charge in [-0.25, -0.2) is 4.98 Å². The van der Waals surface area contributed by atoms with Crippen LogP contribution < -0.4 is 10.6 Å². The van der Waals surface area contributed by atoms with E-state index in [0.717, 1.165) is 60.9 Å². The number of hydrogen-bond acceptors (Lipinski definition) is 6. The number of likely N-dealkylation sites (N-methyl/N-ethyl adjacent to an activating group) is 1. The summed E-state index contributed by atoms with van der Waals surface area (Å²) in [6.07, 6.45) is 8.13. The molecule has 0 radical (unpaired) electrons. The Bertz CT molecular complexity index is 1030. The van der Waals surface area contributed by atoms with Crippen LogP contribution in [0.2, 0.25) is 0 Å². The molecule has 0 unspecified atom stereocenters. The minimum absolute atomic E-state index is 0.0351. The number of anilines is 2. The van der Waals surface area contributed by atoms with Crippen LogP contribution in [0.5, 0.6) is 0 Å². The molecule has 0 spiro atoms. The number of nitrogens with zero attached hydrogens (tertiary/aromatic N) is 4. The second kappa shape index (κ2) is 13.0. The molecule has 188 valence electrons. The topological polar surface area (TPSA) is 90.5 Å². The van der Waals surface area contributed by atoms with Crippen molar-refractivity contribution in [3.05, 3.63) is 59.6 Å². The maximum Gasteiger partial charge on any atom is 0.246 e. The zero-order valence-corrected chi connectivity index (χ0v) is 21.4. The number of benzene rings is 1. The monoisotopic (exact) mass is 478 g/mol. The summed E-state index contributed by atoms with van der Waals surface area (Å²) in [6.45, 7) is 9.73. The Hall–Kier alpha value is -3.26. The first-order valence-corrected chi connectivity index (χ1v) is 12.5. The highest BCUT2D eigenvalue weighted by Gasteiger charge is 2.14. The second-order valence-corrected chi connectivity index (χ2v) is 9.06. The van der Waals surface area contributed by atoms with E-state index in [9.17, 15) is 9.59 Å². The lowest BCUT2D eigenvalue weighted by atomic mass is 10.0. The van der Waals surface area contributed by atoms with E-state index in [1.807, 2.05) is 24.3 Å². The largest absolute Gasteiger partial charge is 0.354 e. The summed E-state index contributed by atoms with van der Waals surface area (Å²) in [4.78, 5) is 37.5. The highest BCUT2D eigenvalue weighted by molar-refractivity contribution is 5.91. The van der Waals surface area contributed by atoms with Crippen LogP contribution in [0, 0.1) is 0 Å². The minimum atomic E-state index is -0.170. The molecular weight excluding hydrogens is 440 g/mol. The maximum absolute atomic E-state index is 12.4. The van der Waals surface area contributed by atoms with Gasteiger partial charge in [-0.1, -0.05) is 39.0 Å². The third kappa shape index (κ3) is 7.89. The van der Waals surface area contributed by atoms with Crippen LogP contribution in [0.1, 0.15) is 50.1 Å². The first kappa shape index (κ1) is 26.3. The molecule has 0 bridgehead atoms. The molecule has 3 rings (SSSR count). The molecule has 2 heterocycles. The Labute approximate surface area is 208 Å². The normalized spacial score (nSPS) is 14.4. The smallest absolute Gasteiger partial charge is 0.246 e. The number of rotatable bonds is 12. The van der Waals surface area contributed by atoms with Crippen molar-refractivity contribution in [1.82, 2.24) is 25.1 Å². The van der Waals surface area contributed by atoms with E-state index < -0.39 is 0 Å². The van der Waals surface area contributed by atoms with Gasteiger partial charge in [0.2, 0.25) is 11.8 Å². The van der Waals surface area contributed by atoms with Gasteiger partial charge >= 0.3 is 0 Å². The quantitative estimate of drug-likeness (QED) is 0.455. The van der Waals surface area contributed by atoms with Crippen molar-refractivity contribution in [1.29, 1.82) is 0 Å². The molecule has 1 aliphatic rings. The first-order chi connectivity index (χ1) is 16.9. The molecule has 0 saturated carbocycles. The van der Waals surface area contributed by atoms with Crippen molar-refractivity contribution in [3.63, 3.8) is 0 Å². The molecular formula is C27H38N6O2. The molecule has 8 heteroatoms. The number of hydrogen-bond donors (Lipinski definition) is 2. The molecule has 0 aliphatic carbocycles. The minimum Gasteiger partial charge on any atom is -0.354 e. The number of likely N-dealkylation sites (tertiary alicyclic amines) is 1. The summed E-state index contributed by atoms with van der Waals surface area (Å²) >= 11 is 0. The van der Waals surface area contributed by atoms with Gasteiger partial charge < -0.3 is 15.5 Å². The highest BCUT2D eigenvalue weighted by atomic mass is 16.2. The number of nitrogens with one attached hydrogen (secondary N) is 2. The number of amides is 2. The van der Waals surface area contributed by atoms with Crippen LogP contribution in [0.3, 0.4) is 0 Å². The Morgan fingerprint density at radius 3 is 2.66 bits per heavy atom. The van der Waals surface area contributed by atoms with Gasteiger partial charge in [-0.05, 0) is 56.0 Å². The number of aromatic nitrogens is 2. The van der Waals surface area contributed by atoms with E-state index in [1.54, 1.807) is 19.3 Å². The van der Waals surface area contributed by atoms with Gasteiger partial charge in [0, 0.05) is 31.9 Å². The van der Waals surface area contributed by atoms with Crippen molar-refractivity contribution in [3.8, 4) is 0 Å². The fourth-order valence-electron chi connectivity index (χ4n) is 3.89. The summed E-state index contributed by atoms with van der Waals surface area (Å²) in [5.41, 5.74) is 4.07. The lowest BCUT2D eigenvalue weighted by molar-refractivity contribution is -0.131. The Morgan fingerprint density at radius 1 is 1.20 bits per heavy atom. The van der Waals surface area contributed by atoms with Crippen molar-refractivity contribution in [2.24, 2.45) is 0 Å². The second-order valence-electron chi connectivity index (χ2n) is 9.06. The molecule has 2 aromatic rings. The van der Waals surface area contributed by atoms with Crippen molar-refractivity contribution in [2.45, 2.75) is 46.0 Å². The van der Waals surface area contributed by atoms with E-state index in [4.69, 9.17) is 4.98 Å². The molecule has 1 atom stereocenters. The lowest BCUT2D eigenvalue weighted by Crippen LogP contribution is -2.39. The predicted molar refractivity (Wildman–Crippen MR) is 140 cm³/mol. The average molecular weight is 479 g/mol. The summed E-state index contributed by atoms with van der Waals surface area (Å²) in [5.74, 6) is 0.506. The van der Waals surface area contributed by atoms with Crippen LogP contribution in [0.25, 0.3) is 0 Å². The Kier molecular flexibility index (Phi) is 9.78. The predicted octanol–water partition coefficient (Wildman–Crippen LogP) is 3.29. The standard InChI is InChI=1S/C27H38N6O2/c1-5-23-24(6-2)31-25(18-28-23)30-22-11-7-10-21(16-22)20(3)17-29-26(34)19-32(4)27(35)12-8-13-33-14-9-15-33/h7-8,10-12,16,18,20H,5-6,9,13-15,17,19H2,1-4H3,(H,29,34)(H,30,31)/b12-8+/t20-/m0/s1. The van der Waals surface area contributed by atoms with Gasteiger partial charge in [-0.3, -0.25) is 19.5 Å². The molecule has 8 nitrogen and oxygen atoms in total. The Morgan fingerprint density at radius 2 is 1.97 bits per heavy atom. The van der Waals surface area contributed by atoms with Crippen LogP contribution in [0.15, 0.2) is 42.6 Å². The summed E-state index contributed by atoms with van der Waals surface area (Å²) in [5, 5.41) is 6.29. The summed E-state index contributed by atoms with van der Waals surface area (Å²) in [6, 6.07) is 8.09. The van der Waals surface area contributed by atoms with E-state index in [1.165, 1.54) is 11.3 Å². The van der Waals surface area contributed by atoms with Crippen molar-refractivity contribution < 1.29 is 9.59 Å². The zero-order chi connectivity index (χ0) is 25.2. The third-order valence-electron chi connectivity index (χ3n) is 6.26. The molecule has 1 aromatic carbocycles. The van der Waals surface area contributed by atoms with E-state index in [-0.39, 0.29) is 24.3 Å². The third-order valence-corrected chi connectivity index (χ3v) is 6.26. The molecule has 2 amide bonds. The molecule has 1 aromatic heterocycles. The molecule has 1 aliphatic heterocycles. The Balaban J connectivity index is 1.48. The van der Waals surface area contributed by atoms with Gasteiger partial charge in [0.15, 0.2) is 0 Å². The SMILES string of the molecule is CCc1ncc(Nc2cccc([C@@H](C)CNC(=O)CN(C)C(=O)/C=C/CN3CCC3)c2)nc1CC. The number of carbonyl (C=O) groups excluding carboxylic acids is 2. The van der Waals surface area contributed by atoms with E-state index in [0.29, 0.717) is 6.54 Å². The summed E-state index contributed by atoms with van der Waals surface area (Å²) < 4.78 is 0. The van der Waals surface area contributed by atoms with Gasteiger partial charge in [-0.15, -0.1) is 0 Å². The molecule has 1 fully saturated rings. The molecule has 1 saturated heterocycles. The number of aryl methyl sites for hydroxylation is 2.